The number of furan rings is 1. The molecule has 2 nitrogen and oxygen atoms in total. The minimum absolute atomic E-state index is 0.561. The molecule has 10 aromatic rings. The van der Waals surface area contributed by atoms with E-state index in [4.69, 9.17) is 9.40 Å². The van der Waals surface area contributed by atoms with E-state index in [2.05, 4.69) is 200 Å². The summed E-state index contributed by atoms with van der Waals surface area (Å²) in [6, 6.07) is 72.4. The maximum Gasteiger partial charge on any atom is 0.135 e. The maximum absolute atomic E-state index is 6.98. The van der Waals surface area contributed by atoms with Crippen molar-refractivity contribution < 1.29 is 4.42 Å². The summed E-state index contributed by atoms with van der Waals surface area (Å²) < 4.78 is 6.98. The van der Waals surface area contributed by atoms with Crippen LogP contribution in [0.3, 0.4) is 0 Å². The van der Waals surface area contributed by atoms with Gasteiger partial charge >= 0.3 is 0 Å². The molecule has 8 aromatic carbocycles. The van der Waals surface area contributed by atoms with E-state index in [0.29, 0.717) is 0 Å². The standard InChI is InChI=1S/C54H33NO/c1-2-14-35(15-3-1)49-32-41(33-50(55-49)40-26-25-34-13-4-5-16-36(34)30-40)38-18-12-17-37(29-38)39-27-28-44-48(31-39)54(53-52(44)45-21-8-11-24-51(45)56-53)46-22-9-6-19-42(46)43-20-7-10-23-47(43)54/h1-33H. The summed E-state index contributed by atoms with van der Waals surface area (Å²) in [7, 11) is 0. The van der Waals surface area contributed by atoms with Gasteiger partial charge in [-0.1, -0.05) is 164 Å². The summed E-state index contributed by atoms with van der Waals surface area (Å²) in [6.45, 7) is 0. The predicted molar refractivity (Wildman–Crippen MR) is 230 cm³/mol. The highest BCUT2D eigenvalue weighted by Crippen LogP contribution is 2.64. The molecule has 2 heteroatoms. The van der Waals surface area contributed by atoms with Crippen molar-refractivity contribution >= 4 is 21.7 Å². The van der Waals surface area contributed by atoms with Gasteiger partial charge in [-0.05, 0) is 103 Å². The van der Waals surface area contributed by atoms with E-state index >= 15 is 0 Å². The van der Waals surface area contributed by atoms with Crippen LogP contribution in [0.2, 0.25) is 0 Å². The summed E-state index contributed by atoms with van der Waals surface area (Å²) in [5.41, 5.74) is 17.9. The fourth-order valence-corrected chi connectivity index (χ4v) is 9.55. The molecule has 0 N–H and O–H groups in total. The molecule has 2 aliphatic rings. The van der Waals surface area contributed by atoms with Crippen LogP contribution in [0.15, 0.2) is 205 Å². The predicted octanol–water partition coefficient (Wildman–Crippen LogP) is 14.0. The van der Waals surface area contributed by atoms with Gasteiger partial charge in [-0.15, -0.1) is 0 Å². The normalized spacial score (nSPS) is 13.1. The Morgan fingerprint density at radius 1 is 0.357 bits per heavy atom. The van der Waals surface area contributed by atoms with Gasteiger partial charge in [0, 0.05) is 22.1 Å². The van der Waals surface area contributed by atoms with Gasteiger partial charge in [-0.3, -0.25) is 0 Å². The molecule has 0 bridgehead atoms. The van der Waals surface area contributed by atoms with Crippen molar-refractivity contribution in [1.29, 1.82) is 0 Å². The number of benzene rings is 8. The van der Waals surface area contributed by atoms with Gasteiger partial charge in [-0.2, -0.15) is 0 Å². The van der Waals surface area contributed by atoms with Crippen molar-refractivity contribution in [3.8, 4) is 67.0 Å². The first-order valence-electron chi connectivity index (χ1n) is 19.3. The molecule has 0 saturated heterocycles. The smallest absolute Gasteiger partial charge is 0.135 e. The van der Waals surface area contributed by atoms with Crippen molar-refractivity contribution in [3.05, 3.63) is 223 Å². The number of para-hydroxylation sites is 1. The van der Waals surface area contributed by atoms with Gasteiger partial charge in [0.15, 0.2) is 0 Å². The molecular formula is C54H33NO. The lowest BCUT2D eigenvalue weighted by atomic mass is 9.72. The molecule has 1 spiro atoms. The highest BCUT2D eigenvalue weighted by Gasteiger charge is 2.55. The van der Waals surface area contributed by atoms with Crippen LogP contribution < -0.4 is 0 Å². The third-order valence-corrected chi connectivity index (χ3v) is 12.1. The Bertz CT molecular complexity index is 3160. The molecular weight excluding hydrogens is 679 g/mol. The number of rotatable bonds is 4. The monoisotopic (exact) mass is 711 g/mol. The van der Waals surface area contributed by atoms with Crippen molar-refractivity contribution in [2.24, 2.45) is 0 Å². The van der Waals surface area contributed by atoms with Crippen LogP contribution in [0.25, 0.3) is 88.8 Å². The summed E-state index contributed by atoms with van der Waals surface area (Å²) >= 11 is 0. The van der Waals surface area contributed by atoms with Gasteiger partial charge in [-0.25, -0.2) is 4.98 Å². The minimum Gasteiger partial charge on any atom is -0.459 e. The summed E-state index contributed by atoms with van der Waals surface area (Å²) in [5, 5.41) is 3.59. The molecule has 2 aromatic heterocycles. The van der Waals surface area contributed by atoms with E-state index < -0.39 is 5.41 Å². The van der Waals surface area contributed by atoms with Crippen LogP contribution in [0.1, 0.15) is 22.5 Å². The van der Waals surface area contributed by atoms with Gasteiger partial charge in [0.2, 0.25) is 0 Å². The summed E-state index contributed by atoms with van der Waals surface area (Å²) in [6.07, 6.45) is 0. The van der Waals surface area contributed by atoms with Crippen molar-refractivity contribution in [2.45, 2.75) is 5.41 Å². The molecule has 0 amide bonds. The summed E-state index contributed by atoms with van der Waals surface area (Å²) in [4.78, 5) is 5.23. The fourth-order valence-electron chi connectivity index (χ4n) is 9.55. The molecule has 12 rings (SSSR count). The largest absolute Gasteiger partial charge is 0.459 e. The van der Waals surface area contributed by atoms with Crippen LogP contribution in [0.5, 0.6) is 0 Å². The minimum atomic E-state index is -0.561. The average Bonchev–Trinajstić information content (AvgIpc) is 3.90. The Morgan fingerprint density at radius 2 is 0.964 bits per heavy atom. The lowest BCUT2D eigenvalue weighted by Crippen LogP contribution is -2.25. The van der Waals surface area contributed by atoms with E-state index in [1.54, 1.807) is 0 Å². The maximum atomic E-state index is 6.98. The molecule has 2 heterocycles. The molecule has 0 radical (unpaired) electrons. The third kappa shape index (κ3) is 4.41. The Kier molecular flexibility index (Phi) is 6.58. The van der Waals surface area contributed by atoms with Crippen LogP contribution in [0, 0.1) is 0 Å². The zero-order valence-electron chi connectivity index (χ0n) is 30.4. The van der Waals surface area contributed by atoms with Gasteiger partial charge < -0.3 is 4.42 Å². The second-order valence-corrected chi connectivity index (χ2v) is 15.0. The van der Waals surface area contributed by atoms with E-state index in [1.165, 1.54) is 60.8 Å². The van der Waals surface area contributed by atoms with Crippen LogP contribution in [-0.4, -0.2) is 4.98 Å². The number of aromatic nitrogens is 1. The third-order valence-electron chi connectivity index (χ3n) is 12.1. The molecule has 0 atom stereocenters. The van der Waals surface area contributed by atoms with Crippen molar-refractivity contribution in [1.82, 2.24) is 4.98 Å². The lowest BCUT2D eigenvalue weighted by molar-refractivity contribution is 0.507. The second kappa shape index (κ2) is 11.9. The highest BCUT2D eigenvalue weighted by molar-refractivity contribution is 6.05. The lowest BCUT2D eigenvalue weighted by Gasteiger charge is -2.28. The van der Waals surface area contributed by atoms with E-state index in [9.17, 15) is 0 Å². The highest BCUT2D eigenvalue weighted by atomic mass is 16.3. The molecule has 0 fully saturated rings. The number of fused-ring (bicyclic) bond motifs is 13. The number of pyridine rings is 1. The van der Waals surface area contributed by atoms with E-state index in [-0.39, 0.29) is 0 Å². The number of hydrogen-bond donors (Lipinski definition) is 0. The van der Waals surface area contributed by atoms with Crippen LogP contribution >= 0.6 is 0 Å². The second-order valence-electron chi connectivity index (χ2n) is 15.0. The van der Waals surface area contributed by atoms with Crippen LogP contribution in [-0.2, 0) is 5.41 Å². The van der Waals surface area contributed by atoms with Gasteiger partial charge in [0.05, 0.1) is 11.4 Å². The molecule has 2 aliphatic carbocycles. The Labute approximate surface area is 325 Å². The zero-order valence-corrected chi connectivity index (χ0v) is 30.4. The molecule has 56 heavy (non-hydrogen) atoms. The first-order valence-corrected chi connectivity index (χ1v) is 19.3. The molecule has 0 aliphatic heterocycles. The first-order chi connectivity index (χ1) is 27.7. The van der Waals surface area contributed by atoms with E-state index in [0.717, 1.165) is 50.4 Å². The van der Waals surface area contributed by atoms with Crippen LogP contribution in [0.4, 0.5) is 0 Å². The fraction of sp³-hybridized carbons (Fsp3) is 0.0185. The number of hydrogen-bond acceptors (Lipinski definition) is 2. The Hall–Kier alpha value is -7.29. The Morgan fingerprint density at radius 3 is 1.77 bits per heavy atom. The first kappa shape index (κ1) is 31.1. The summed E-state index contributed by atoms with van der Waals surface area (Å²) in [5.74, 6) is 1.02. The Balaban J connectivity index is 1.05. The SMILES string of the molecule is c1ccc(-c2cc(-c3cccc(-c4ccc5c(c4)C4(c6ccccc6-c6ccccc64)c4oc6ccccc6c4-5)c3)cc(-c3ccc4ccccc4c3)n2)cc1. The van der Waals surface area contributed by atoms with E-state index in [1.807, 2.05) is 0 Å². The average molecular weight is 712 g/mol. The zero-order chi connectivity index (χ0) is 36.8. The van der Waals surface area contributed by atoms with Gasteiger partial charge in [0.1, 0.15) is 16.8 Å². The molecule has 260 valence electrons. The molecule has 0 saturated carbocycles. The number of nitrogens with zero attached hydrogens (tertiary/aromatic N) is 1. The van der Waals surface area contributed by atoms with Crippen molar-refractivity contribution in [3.63, 3.8) is 0 Å². The quantitative estimate of drug-likeness (QED) is 0.182. The topological polar surface area (TPSA) is 26.0 Å². The van der Waals surface area contributed by atoms with Gasteiger partial charge in [0.25, 0.3) is 0 Å². The molecule has 0 unspecified atom stereocenters. The van der Waals surface area contributed by atoms with Crippen molar-refractivity contribution in [2.75, 3.05) is 0 Å².